The molecule has 0 aliphatic carbocycles. The van der Waals surface area contributed by atoms with Gasteiger partial charge in [-0.05, 0) is 46.2 Å². The van der Waals surface area contributed by atoms with Gasteiger partial charge in [-0.1, -0.05) is 0 Å². The molecule has 1 aromatic heterocycles. The topological polar surface area (TPSA) is 75.2 Å². The van der Waals surface area contributed by atoms with Gasteiger partial charge in [0.2, 0.25) is 0 Å². The summed E-state index contributed by atoms with van der Waals surface area (Å²) in [5, 5.41) is 7.84. The summed E-state index contributed by atoms with van der Waals surface area (Å²) in [4.78, 5) is 6.81. The minimum atomic E-state index is -0.231. The molecule has 0 aromatic carbocycles. The van der Waals surface area contributed by atoms with E-state index in [0.717, 1.165) is 35.7 Å². The number of nitrogens with one attached hydrogen (secondary N) is 1. The molecule has 0 spiro atoms. The molecule has 3 N–H and O–H groups in total. The van der Waals surface area contributed by atoms with E-state index in [4.69, 9.17) is 15.9 Å². The molecule has 20 heavy (non-hydrogen) atoms. The van der Waals surface area contributed by atoms with E-state index in [1.54, 1.807) is 0 Å². The SMILES string of the molecule is Cc1cc(C)c(C(=N)N)c(N2CC(C)OC(C)(C)C2)n1. The smallest absolute Gasteiger partial charge is 0.140 e. The minimum absolute atomic E-state index is 0.0713. The molecule has 5 heteroatoms. The van der Waals surface area contributed by atoms with Crippen molar-refractivity contribution in [3.8, 4) is 0 Å². The molecule has 0 amide bonds. The molecule has 0 radical (unpaired) electrons. The van der Waals surface area contributed by atoms with E-state index < -0.39 is 0 Å². The summed E-state index contributed by atoms with van der Waals surface area (Å²) < 4.78 is 5.93. The number of anilines is 1. The van der Waals surface area contributed by atoms with Crippen LogP contribution in [0.15, 0.2) is 6.07 Å². The molecule has 1 aromatic rings. The van der Waals surface area contributed by atoms with Gasteiger partial charge >= 0.3 is 0 Å². The van der Waals surface area contributed by atoms with Crippen LogP contribution in [0.3, 0.4) is 0 Å². The highest BCUT2D eigenvalue weighted by molar-refractivity contribution is 6.01. The number of aryl methyl sites for hydroxylation is 2. The number of ether oxygens (including phenoxy) is 1. The summed E-state index contributed by atoms with van der Waals surface area (Å²) in [7, 11) is 0. The Kier molecular flexibility index (Phi) is 3.73. The van der Waals surface area contributed by atoms with Gasteiger partial charge in [-0.2, -0.15) is 0 Å². The third-order valence-corrected chi connectivity index (χ3v) is 3.46. The van der Waals surface area contributed by atoms with Crippen LogP contribution >= 0.6 is 0 Å². The number of aromatic nitrogens is 1. The number of nitrogens with zero attached hydrogens (tertiary/aromatic N) is 2. The Labute approximate surface area is 120 Å². The molecule has 1 saturated heterocycles. The van der Waals surface area contributed by atoms with Crippen LogP contribution in [0.25, 0.3) is 0 Å². The minimum Gasteiger partial charge on any atom is -0.384 e. The fourth-order valence-electron chi connectivity index (χ4n) is 2.99. The zero-order valence-corrected chi connectivity index (χ0v) is 12.9. The van der Waals surface area contributed by atoms with Crippen LogP contribution in [0.1, 0.15) is 37.6 Å². The largest absolute Gasteiger partial charge is 0.384 e. The lowest BCUT2D eigenvalue weighted by Crippen LogP contribution is -2.52. The van der Waals surface area contributed by atoms with Crippen LogP contribution < -0.4 is 10.6 Å². The molecule has 1 aliphatic rings. The van der Waals surface area contributed by atoms with E-state index in [1.165, 1.54) is 0 Å². The van der Waals surface area contributed by atoms with Crippen molar-refractivity contribution in [3.63, 3.8) is 0 Å². The molecule has 110 valence electrons. The Morgan fingerprint density at radius 2 is 2.15 bits per heavy atom. The van der Waals surface area contributed by atoms with Crippen molar-refractivity contribution < 1.29 is 4.74 Å². The third kappa shape index (κ3) is 2.93. The van der Waals surface area contributed by atoms with E-state index in [2.05, 4.69) is 30.7 Å². The first kappa shape index (κ1) is 14.8. The Morgan fingerprint density at radius 3 is 2.70 bits per heavy atom. The fourth-order valence-corrected chi connectivity index (χ4v) is 2.99. The molecule has 1 fully saturated rings. The van der Waals surface area contributed by atoms with Crippen LogP contribution in [-0.2, 0) is 4.74 Å². The summed E-state index contributed by atoms with van der Waals surface area (Å²) in [5.41, 5.74) is 8.21. The highest BCUT2D eigenvalue weighted by Gasteiger charge is 2.33. The Hall–Kier alpha value is -1.62. The molecule has 1 atom stereocenters. The first-order valence-electron chi connectivity index (χ1n) is 6.95. The van der Waals surface area contributed by atoms with Gasteiger partial charge in [0.1, 0.15) is 11.7 Å². The predicted molar refractivity (Wildman–Crippen MR) is 81.6 cm³/mol. The predicted octanol–water partition coefficient (Wildman–Crippen LogP) is 1.99. The average Bonchev–Trinajstić information content (AvgIpc) is 2.24. The van der Waals surface area contributed by atoms with Crippen molar-refractivity contribution >= 4 is 11.7 Å². The van der Waals surface area contributed by atoms with Crippen LogP contribution in [-0.4, -0.2) is 35.6 Å². The van der Waals surface area contributed by atoms with Gasteiger partial charge < -0.3 is 15.4 Å². The Balaban J connectivity index is 2.48. The summed E-state index contributed by atoms with van der Waals surface area (Å²) in [6, 6.07) is 1.97. The first-order chi connectivity index (χ1) is 9.19. The number of amidine groups is 1. The number of hydrogen-bond acceptors (Lipinski definition) is 4. The average molecular weight is 276 g/mol. The summed E-state index contributed by atoms with van der Waals surface area (Å²) in [6.07, 6.45) is 0.126. The van der Waals surface area contributed by atoms with Crippen molar-refractivity contribution in [2.75, 3.05) is 18.0 Å². The second kappa shape index (κ2) is 5.05. The molecule has 5 nitrogen and oxygen atoms in total. The van der Waals surface area contributed by atoms with E-state index >= 15 is 0 Å². The highest BCUT2D eigenvalue weighted by Crippen LogP contribution is 2.28. The molecule has 2 heterocycles. The van der Waals surface area contributed by atoms with E-state index in [-0.39, 0.29) is 17.5 Å². The summed E-state index contributed by atoms with van der Waals surface area (Å²) in [5.74, 6) is 0.875. The second-order valence-electron chi connectivity index (χ2n) is 6.26. The number of morpholine rings is 1. The second-order valence-corrected chi connectivity index (χ2v) is 6.26. The van der Waals surface area contributed by atoms with Gasteiger partial charge in [0.25, 0.3) is 0 Å². The highest BCUT2D eigenvalue weighted by atomic mass is 16.5. The molecule has 0 bridgehead atoms. The van der Waals surface area contributed by atoms with Gasteiger partial charge in [-0.3, -0.25) is 5.41 Å². The molecular weight excluding hydrogens is 252 g/mol. The molecule has 2 rings (SSSR count). The van der Waals surface area contributed by atoms with Crippen LogP contribution in [0.4, 0.5) is 5.82 Å². The number of nitrogens with two attached hydrogens (primary N) is 1. The fraction of sp³-hybridized carbons (Fsp3) is 0.600. The van der Waals surface area contributed by atoms with Crippen LogP contribution in [0.2, 0.25) is 0 Å². The lowest BCUT2D eigenvalue weighted by molar-refractivity contribution is -0.0751. The van der Waals surface area contributed by atoms with Gasteiger partial charge in [0.15, 0.2) is 0 Å². The van der Waals surface area contributed by atoms with Crippen molar-refractivity contribution in [1.29, 1.82) is 5.41 Å². The van der Waals surface area contributed by atoms with Gasteiger partial charge in [0, 0.05) is 18.8 Å². The molecule has 1 aliphatic heterocycles. The maximum atomic E-state index is 7.84. The van der Waals surface area contributed by atoms with Crippen molar-refractivity contribution in [2.45, 2.75) is 46.3 Å². The molecule has 1 unspecified atom stereocenters. The van der Waals surface area contributed by atoms with E-state index in [9.17, 15) is 0 Å². The van der Waals surface area contributed by atoms with Crippen LogP contribution in [0, 0.1) is 19.3 Å². The standard InChI is InChI=1S/C15H24N4O/c1-9-6-10(2)18-14(12(9)13(16)17)19-7-11(3)20-15(4,5)8-19/h6,11H,7-8H2,1-5H3,(H3,16,17). The van der Waals surface area contributed by atoms with Gasteiger partial charge in [0.05, 0.1) is 17.3 Å². The van der Waals surface area contributed by atoms with Crippen molar-refractivity contribution in [1.82, 2.24) is 4.98 Å². The maximum absolute atomic E-state index is 7.84. The third-order valence-electron chi connectivity index (χ3n) is 3.46. The first-order valence-corrected chi connectivity index (χ1v) is 6.95. The number of pyridine rings is 1. The van der Waals surface area contributed by atoms with Crippen LogP contribution in [0.5, 0.6) is 0 Å². The summed E-state index contributed by atoms with van der Waals surface area (Å²) in [6.45, 7) is 11.7. The summed E-state index contributed by atoms with van der Waals surface area (Å²) >= 11 is 0. The van der Waals surface area contributed by atoms with Gasteiger partial charge in [-0.25, -0.2) is 4.98 Å². The Morgan fingerprint density at radius 1 is 1.50 bits per heavy atom. The van der Waals surface area contributed by atoms with E-state index in [0.29, 0.717) is 0 Å². The molecular formula is C15H24N4O. The molecule has 0 saturated carbocycles. The zero-order chi connectivity index (χ0) is 15.1. The number of hydrogen-bond donors (Lipinski definition) is 2. The van der Waals surface area contributed by atoms with Gasteiger partial charge in [-0.15, -0.1) is 0 Å². The lowest BCUT2D eigenvalue weighted by atomic mass is 10.0. The van der Waals surface area contributed by atoms with E-state index in [1.807, 2.05) is 19.9 Å². The Bertz CT molecular complexity index is 539. The van der Waals surface area contributed by atoms with Crippen molar-refractivity contribution in [3.05, 3.63) is 22.9 Å². The number of rotatable bonds is 2. The number of nitrogen functional groups attached to an aromatic ring is 1. The zero-order valence-electron chi connectivity index (χ0n) is 12.9. The maximum Gasteiger partial charge on any atom is 0.140 e. The lowest BCUT2D eigenvalue weighted by Gasteiger charge is -2.43. The van der Waals surface area contributed by atoms with Crippen molar-refractivity contribution in [2.24, 2.45) is 5.73 Å². The monoisotopic (exact) mass is 276 g/mol. The quantitative estimate of drug-likeness (QED) is 0.640. The normalized spacial score (nSPS) is 21.9.